The lowest BCUT2D eigenvalue weighted by atomic mass is 10.3. The van der Waals surface area contributed by atoms with Crippen molar-refractivity contribution in [1.82, 2.24) is 0 Å². The van der Waals surface area contributed by atoms with Gasteiger partial charge >= 0.3 is 12.4 Å². The first-order valence-electron chi connectivity index (χ1n) is 10.4. The highest BCUT2D eigenvalue weighted by Crippen LogP contribution is 2.75. The van der Waals surface area contributed by atoms with Gasteiger partial charge in [-0.3, -0.25) is 0 Å². The highest BCUT2D eigenvalue weighted by atomic mass is 35.5. The van der Waals surface area contributed by atoms with Crippen molar-refractivity contribution in [2.24, 2.45) is 0 Å². The van der Waals surface area contributed by atoms with Crippen molar-refractivity contribution in [2.45, 2.75) is 75.0 Å². The Hall–Kier alpha value is -0.880. The van der Waals surface area contributed by atoms with E-state index in [4.69, 9.17) is 21.1 Å². The lowest BCUT2D eigenvalue weighted by Crippen LogP contribution is -2.30. The van der Waals surface area contributed by atoms with E-state index in [0.717, 1.165) is 57.4 Å². The summed E-state index contributed by atoms with van der Waals surface area (Å²) in [5.74, 6) is -0.295. The minimum absolute atomic E-state index is 0.147. The van der Waals surface area contributed by atoms with E-state index in [2.05, 4.69) is 0 Å². The Balaban J connectivity index is 2.03. The zero-order valence-corrected chi connectivity index (χ0v) is 18.6. The molecule has 10 heteroatoms. The zero-order valence-electron chi connectivity index (χ0n) is 16.9. The maximum Gasteiger partial charge on any atom is 0.422 e. The maximum absolute atomic E-state index is 12.7. The van der Waals surface area contributed by atoms with Crippen LogP contribution in [0.2, 0.25) is 0 Å². The zero-order chi connectivity index (χ0) is 22.7. The van der Waals surface area contributed by atoms with Gasteiger partial charge in [-0.1, -0.05) is 12.9 Å². The molecule has 0 aliphatic heterocycles. The third kappa shape index (κ3) is 6.34. The molecule has 2 saturated carbocycles. The number of ether oxygens (including phenoxy) is 2. The largest absolute Gasteiger partial charge is 0.484 e. The quantitative estimate of drug-likeness (QED) is 0.214. The lowest BCUT2D eigenvalue weighted by Gasteiger charge is -2.44. The van der Waals surface area contributed by atoms with Gasteiger partial charge in [-0.25, -0.2) is 0 Å². The third-order valence-corrected chi connectivity index (χ3v) is 12.0. The van der Waals surface area contributed by atoms with Crippen LogP contribution in [0.4, 0.5) is 26.3 Å². The molecule has 0 saturated heterocycles. The Kier molecular flexibility index (Phi) is 7.94. The van der Waals surface area contributed by atoms with Gasteiger partial charge in [0.1, 0.15) is 11.5 Å². The second-order valence-corrected chi connectivity index (χ2v) is 12.7. The molecule has 0 radical (unpaired) electrons. The Morgan fingerprint density at radius 2 is 1.16 bits per heavy atom. The Morgan fingerprint density at radius 3 is 1.48 bits per heavy atom. The summed E-state index contributed by atoms with van der Waals surface area (Å²) in [6, 6.07) is 4.16. The van der Waals surface area contributed by atoms with Crippen LogP contribution < -0.4 is 14.8 Å². The van der Waals surface area contributed by atoms with Crippen LogP contribution in [0.15, 0.2) is 18.2 Å². The van der Waals surface area contributed by atoms with Crippen molar-refractivity contribution in [3.05, 3.63) is 23.8 Å². The fraction of sp³-hybridized carbons (Fsp3) is 0.667. The molecule has 0 amide bonds. The molecule has 0 N–H and O–H groups in total. The Labute approximate surface area is 184 Å². The summed E-state index contributed by atoms with van der Waals surface area (Å²) in [7, 11) is -2.19. The first kappa shape index (κ1) is 24.8. The number of halogens is 7. The van der Waals surface area contributed by atoms with Crippen LogP contribution in [0.3, 0.4) is 0 Å². The van der Waals surface area contributed by atoms with E-state index in [1.165, 1.54) is 12.1 Å². The highest BCUT2D eigenvalue weighted by Gasteiger charge is 2.49. The summed E-state index contributed by atoms with van der Waals surface area (Å²) in [6.07, 6.45) is -1.11. The average Bonchev–Trinajstić information content (AvgIpc) is 3.40. The van der Waals surface area contributed by atoms with E-state index in [0.29, 0.717) is 5.30 Å². The average molecular weight is 491 g/mol. The van der Waals surface area contributed by atoms with Crippen LogP contribution in [0.1, 0.15) is 51.4 Å². The molecule has 31 heavy (non-hydrogen) atoms. The summed E-state index contributed by atoms with van der Waals surface area (Å²) < 4.78 is 86.1. The SMILES string of the molecule is FC(F)(F)COc1cc(OCC(F)(F)F)cc([P+]([CH-]Cl)(C2CCCC2)C2CCCC2)c1. The predicted octanol–water partition coefficient (Wildman–Crippen LogP) is 7.45. The number of rotatable bonds is 8. The molecule has 0 heterocycles. The molecular formula is C21H26ClF6O2P. The standard InChI is InChI=1S/C21H26ClF6O2P/c22-14-31(17-5-1-2-6-17,18-7-3-4-8-18)19-10-15(29-12-20(23,24)25)9-16(11-19)30-13-21(26,27)28/h9-11,14,17-18H,1-8,12-13H2. The summed E-state index contributed by atoms with van der Waals surface area (Å²) >= 11 is 6.51. The van der Waals surface area contributed by atoms with Gasteiger partial charge in [-0.05, 0) is 51.4 Å². The molecule has 1 aromatic carbocycles. The number of benzene rings is 1. The second-order valence-electron chi connectivity index (χ2n) is 8.28. The smallest absolute Gasteiger partial charge is 0.422 e. The van der Waals surface area contributed by atoms with E-state index in [-0.39, 0.29) is 22.8 Å². The number of alkyl halides is 6. The predicted molar refractivity (Wildman–Crippen MR) is 111 cm³/mol. The van der Waals surface area contributed by atoms with E-state index >= 15 is 0 Å². The van der Waals surface area contributed by atoms with Gasteiger partial charge < -0.3 is 21.1 Å². The van der Waals surface area contributed by atoms with Gasteiger partial charge in [0, 0.05) is 29.5 Å². The van der Waals surface area contributed by atoms with Crippen LogP contribution in [-0.4, -0.2) is 36.9 Å². The molecule has 0 unspecified atom stereocenters. The van der Waals surface area contributed by atoms with Crippen molar-refractivity contribution in [3.8, 4) is 11.5 Å². The molecule has 3 rings (SSSR count). The third-order valence-electron chi connectivity index (χ3n) is 6.14. The number of hydrogen-bond donors (Lipinski definition) is 0. The van der Waals surface area contributed by atoms with Crippen molar-refractivity contribution in [3.63, 3.8) is 0 Å². The maximum atomic E-state index is 12.7. The fourth-order valence-electron chi connectivity index (χ4n) is 4.88. The van der Waals surface area contributed by atoms with E-state index < -0.39 is 32.8 Å². The summed E-state index contributed by atoms with van der Waals surface area (Å²) in [6.45, 7) is -3.06. The van der Waals surface area contributed by atoms with Crippen LogP contribution in [0.5, 0.6) is 11.5 Å². The second kappa shape index (κ2) is 9.94. The van der Waals surface area contributed by atoms with Crippen LogP contribution in [-0.2, 0) is 0 Å². The van der Waals surface area contributed by atoms with Gasteiger partial charge in [-0.15, -0.1) is 0 Å². The minimum Gasteiger partial charge on any atom is -0.484 e. The van der Waals surface area contributed by atoms with E-state index in [1.54, 1.807) is 5.62 Å². The molecule has 2 fully saturated rings. The molecular weight excluding hydrogens is 465 g/mol. The van der Waals surface area contributed by atoms with Crippen molar-refractivity contribution in [1.29, 1.82) is 0 Å². The van der Waals surface area contributed by atoms with Gasteiger partial charge in [-0.2, -0.15) is 26.3 Å². The van der Waals surface area contributed by atoms with Gasteiger partial charge in [0.25, 0.3) is 0 Å². The van der Waals surface area contributed by atoms with Gasteiger partial charge in [0.2, 0.25) is 0 Å². The monoisotopic (exact) mass is 490 g/mol. The summed E-state index contributed by atoms with van der Waals surface area (Å²) in [5.41, 5.74) is 2.26. The topological polar surface area (TPSA) is 18.5 Å². The molecule has 2 aliphatic carbocycles. The first-order chi connectivity index (χ1) is 14.5. The first-order valence-corrected chi connectivity index (χ1v) is 12.8. The highest BCUT2D eigenvalue weighted by molar-refractivity contribution is 7.87. The molecule has 0 aromatic heterocycles. The van der Waals surface area contributed by atoms with Gasteiger partial charge in [0.15, 0.2) is 13.2 Å². The van der Waals surface area contributed by atoms with Crippen LogP contribution in [0.25, 0.3) is 0 Å². The summed E-state index contributed by atoms with van der Waals surface area (Å²) in [4.78, 5) is 0. The molecule has 2 nitrogen and oxygen atoms in total. The molecule has 176 valence electrons. The minimum atomic E-state index is -4.56. The van der Waals surface area contributed by atoms with Crippen LogP contribution in [0, 0.1) is 5.62 Å². The Bertz CT molecular complexity index is 675. The van der Waals surface area contributed by atoms with Crippen molar-refractivity contribution in [2.75, 3.05) is 13.2 Å². The van der Waals surface area contributed by atoms with Gasteiger partial charge in [0.05, 0.1) is 5.30 Å². The molecule has 2 aliphatic rings. The molecule has 0 atom stereocenters. The fourth-order valence-corrected chi connectivity index (χ4v) is 11.2. The van der Waals surface area contributed by atoms with Crippen molar-refractivity contribution >= 4 is 24.2 Å². The molecule has 0 bridgehead atoms. The van der Waals surface area contributed by atoms with E-state index in [1.807, 2.05) is 0 Å². The summed E-state index contributed by atoms with van der Waals surface area (Å²) in [5, 5.41) is 0.679. The van der Waals surface area contributed by atoms with Crippen molar-refractivity contribution < 1.29 is 35.8 Å². The van der Waals surface area contributed by atoms with E-state index in [9.17, 15) is 26.3 Å². The number of hydrogen-bond acceptors (Lipinski definition) is 2. The lowest BCUT2D eigenvalue weighted by molar-refractivity contribution is -0.153. The Morgan fingerprint density at radius 1 is 0.774 bits per heavy atom. The molecule has 0 spiro atoms. The molecule has 1 aromatic rings. The van der Waals surface area contributed by atoms with Crippen LogP contribution >= 0.6 is 18.9 Å². The normalized spacial score (nSPS) is 19.2.